The molecule has 18 heavy (non-hydrogen) atoms. The topological polar surface area (TPSA) is 63.3 Å². The fraction of sp³-hybridized carbons (Fsp3) is 0.0833. The van der Waals surface area contributed by atoms with E-state index < -0.39 is 5.97 Å². The number of carboxylic acid groups (broad SMARTS) is 1. The molecule has 1 aromatic heterocycles. The lowest BCUT2D eigenvalue weighted by Crippen LogP contribution is -1.97. The van der Waals surface area contributed by atoms with Crippen molar-refractivity contribution >= 4 is 50.5 Å². The van der Waals surface area contributed by atoms with Gasteiger partial charge in [-0.05, 0) is 36.2 Å². The van der Waals surface area contributed by atoms with Crippen molar-refractivity contribution in [2.45, 2.75) is 6.92 Å². The van der Waals surface area contributed by atoms with E-state index in [9.17, 15) is 4.79 Å². The van der Waals surface area contributed by atoms with Crippen LogP contribution in [0.15, 0.2) is 22.7 Å². The summed E-state index contributed by atoms with van der Waals surface area (Å²) in [7, 11) is 0. The number of rotatable bonds is 2. The molecule has 1 aromatic carbocycles. The monoisotopic (exact) mass is 345 g/mol. The summed E-state index contributed by atoms with van der Waals surface area (Å²) in [5.41, 5.74) is 7.75. The van der Waals surface area contributed by atoms with Crippen LogP contribution in [0, 0.1) is 6.92 Å². The number of anilines is 1. The molecule has 0 aliphatic carbocycles. The minimum absolute atomic E-state index is 0.165. The van der Waals surface area contributed by atoms with Gasteiger partial charge in [0.05, 0.1) is 5.69 Å². The van der Waals surface area contributed by atoms with Crippen molar-refractivity contribution in [3.8, 4) is 10.4 Å². The second kappa shape index (κ2) is 4.91. The van der Waals surface area contributed by atoms with Crippen LogP contribution in [0.5, 0.6) is 0 Å². The van der Waals surface area contributed by atoms with Gasteiger partial charge in [-0.15, -0.1) is 11.3 Å². The first kappa shape index (κ1) is 13.4. The normalized spacial score (nSPS) is 10.6. The molecule has 0 atom stereocenters. The molecule has 0 saturated heterocycles. The third-order valence-electron chi connectivity index (χ3n) is 2.51. The first-order valence-electron chi connectivity index (χ1n) is 4.98. The van der Waals surface area contributed by atoms with Crippen LogP contribution in [0.4, 0.5) is 5.69 Å². The first-order valence-corrected chi connectivity index (χ1v) is 6.97. The van der Waals surface area contributed by atoms with Gasteiger partial charge in [-0.25, -0.2) is 4.79 Å². The van der Waals surface area contributed by atoms with Gasteiger partial charge in [0.1, 0.15) is 4.88 Å². The van der Waals surface area contributed by atoms with E-state index in [-0.39, 0.29) is 4.88 Å². The number of nitrogens with two attached hydrogens (primary N) is 1. The predicted molar refractivity (Wildman–Crippen MR) is 78.6 cm³/mol. The van der Waals surface area contributed by atoms with Crippen LogP contribution in [0.25, 0.3) is 10.4 Å². The molecule has 0 aliphatic rings. The highest BCUT2D eigenvalue weighted by Crippen LogP contribution is 2.39. The fourth-order valence-electron chi connectivity index (χ4n) is 1.65. The minimum atomic E-state index is -1.01. The maximum atomic E-state index is 11.0. The predicted octanol–water partition coefficient (Wildman–Crippen LogP) is 4.42. The number of hydrogen-bond acceptors (Lipinski definition) is 3. The van der Waals surface area contributed by atoms with Gasteiger partial charge in [-0.2, -0.15) is 0 Å². The number of halogens is 2. The van der Waals surface area contributed by atoms with E-state index in [0.717, 1.165) is 31.8 Å². The molecular formula is C12H9BrClNO2S. The molecule has 0 spiro atoms. The largest absolute Gasteiger partial charge is 0.477 e. The Balaban J connectivity index is 2.64. The smallest absolute Gasteiger partial charge is 0.348 e. The summed E-state index contributed by atoms with van der Waals surface area (Å²) in [4.78, 5) is 12.0. The fourth-order valence-corrected chi connectivity index (χ4v) is 3.56. The van der Waals surface area contributed by atoms with Crippen molar-refractivity contribution < 1.29 is 9.90 Å². The Morgan fingerprint density at radius 2 is 2.11 bits per heavy atom. The van der Waals surface area contributed by atoms with Gasteiger partial charge in [0.25, 0.3) is 0 Å². The molecule has 0 saturated carbocycles. The van der Waals surface area contributed by atoms with Gasteiger partial charge >= 0.3 is 5.97 Å². The molecule has 0 aliphatic heterocycles. The molecule has 94 valence electrons. The number of benzene rings is 1. The third-order valence-corrected chi connectivity index (χ3v) is 4.53. The Labute approximate surface area is 121 Å². The zero-order valence-electron chi connectivity index (χ0n) is 9.33. The highest BCUT2D eigenvalue weighted by molar-refractivity contribution is 9.10. The molecule has 6 heteroatoms. The summed E-state index contributed by atoms with van der Waals surface area (Å²) in [6, 6.07) is 5.45. The van der Waals surface area contributed by atoms with E-state index >= 15 is 0 Å². The molecule has 3 nitrogen and oxygen atoms in total. The second-order valence-corrected chi connectivity index (χ2v) is 6.13. The number of carboxylic acids is 1. The lowest BCUT2D eigenvalue weighted by atomic mass is 10.1. The quantitative estimate of drug-likeness (QED) is 0.846. The molecule has 0 fully saturated rings. The average molecular weight is 347 g/mol. The Morgan fingerprint density at radius 1 is 1.44 bits per heavy atom. The molecule has 0 radical (unpaired) electrons. The summed E-state index contributed by atoms with van der Waals surface area (Å²) < 4.78 is 0.841. The van der Waals surface area contributed by atoms with Gasteiger partial charge in [0.2, 0.25) is 0 Å². The highest BCUT2D eigenvalue weighted by Gasteiger charge is 2.19. The van der Waals surface area contributed by atoms with Crippen molar-refractivity contribution in [2.75, 3.05) is 5.73 Å². The number of thiophene rings is 1. The van der Waals surface area contributed by atoms with Crippen LogP contribution >= 0.6 is 38.9 Å². The van der Waals surface area contributed by atoms with E-state index in [0.29, 0.717) is 10.7 Å². The van der Waals surface area contributed by atoms with Gasteiger partial charge < -0.3 is 10.8 Å². The standard InChI is InChI=1S/C12H9BrClNO2S/c1-5-9(15)11(12(16)17)18-10(5)6-2-7(13)4-8(14)3-6/h2-4H,15H2,1H3,(H,16,17). The number of carbonyl (C=O) groups is 1. The maximum absolute atomic E-state index is 11.0. The maximum Gasteiger partial charge on any atom is 0.348 e. The summed E-state index contributed by atoms with van der Waals surface area (Å²) >= 11 is 10.5. The molecular weight excluding hydrogens is 338 g/mol. The first-order chi connectivity index (χ1) is 8.40. The SMILES string of the molecule is Cc1c(-c2cc(Cl)cc(Br)c2)sc(C(=O)O)c1N. The van der Waals surface area contributed by atoms with E-state index in [2.05, 4.69) is 15.9 Å². The highest BCUT2D eigenvalue weighted by atomic mass is 79.9. The Bertz CT molecular complexity index is 619. The summed E-state index contributed by atoms with van der Waals surface area (Å²) in [6.07, 6.45) is 0. The Kier molecular flexibility index (Phi) is 3.66. The van der Waals surface area contributed by atoms with E-state index in [1.54, 1.807) is 12.1 Å². The van der Waals surface area contributed by atoms with Crippen molar-refractivity contribution in [2.24, 2.45) is 0 Å². The van der Waals surface area contributed by atoms with Crippen LogP contribution in [-0.2, 0) is 0 Å². The number of hydrogen-bond donors (Lipinski definition) is 2. The van der Waals surface area contributed by atoms with E-state index in [1.165, 1.54) is 0 Å². The summed E-state index contributed by atoms with van der Waals surface area (Å²) in [6.45, 7) is 1.81. The van der Waals surface area contributed by atoms with Gasteiger partial charge in [0, 0.05) is 14.4 Å². The van der Waals surface area contributed by atoms with Gasteiger partial charge in [-0.3, -0.25) is 0 Å². The zero-order chi connectivity index (χ0) is 13.4. The van der Waals surface area contributed by atoms with Gasteiger partial charge in [-0.1, -0.05) is 27.5 Å². The van der Waals surface area contributed by atoms with Crippen molar-refractivity contribution in [1.29, 1.82) is 0 Å². The molecule has 0 amide bonds. The van der Waals surface area contributed by atoms with Crippen molar-refractivity contribution in [3.63, 3.8) is 0 Å². The molecule has 3 N–H and O–H groups in total. The number of aromatic carboxylic acids is 1. The Hall–Kier alpha value is -1.04. The van der Waals surface area contributed by atoms with E-state index in [1.807, 2.05) is 13.0 Å². The van der Waals surface area contributed by atoms with Crippen LogP contribution in [0.1, 0.15) is 15.2 Å². The summed E-state index contributed by atoms with van der Waals surface area (Å²) in [5.74, 6) is -1.01. The van der Waals surface area contributed by atoms with E-state index in [4.69, 9.17) is 22.4 Å². The molecule has 0 unspecified atom stereocenters. The van der Waals surface area contributed by atoms with Crippen molar-refractivity contribution in [3.05, 3.63) is 38.1 Å². The molecule has 1 heterocycles. The Morgan fingerprint density at radius 3 is 2.61 bits per heavy atom. The molecule has 2 aromatic rings. The van der Waals surface area contributed by atoms with Crippen LogP contribution in [-0.4, -0.2) is 11.1 Å². The zero-order valence-corrected chi connectivity index (χ0v) is 12.5. The minimum Gasteiger partial charge on any atom is -0.477 e. The third kappa shape index (κ3) is 2.39. The van der Waals surface area contributed by atoms with Crippen molar-refractivity contribution in [1.82, 2.24) is 0 Å². The van der Waals surface area contributed by atoms with Crippen LogP contribution in [0.3, 0.4) is 0 Å². The lowest BCUT2D eigenvalue weighted by Gasteiger charge is -2.02. The van der Waals surface area contributed by atoms with Crippen LogP contribution < -0.4 is 5.73 Å². The van der Waals surface area contributed by atoms with Crippen LogP contribution in [0.2, 0.25) is 5.02 Å². The second-order valence-electron chi connectivity index (χ2n) is 3.76. The molecule has 2 rings (SSSR count). The van der Waals surface area contributed by atoms with Gasteiger partial charge in [0.15, 0.2) is 0 Å². The molecule has 0 bridgehead atoms. The number of nitrogen functional groups attached to an aromatic ring is 1. The lowest BCUT2D eigenvalue weighted by molar-refractivity contribution is 0.0703. The summed E-state index contributed by atoms with van der Waals surface area (Å²) in [5, 5.41) is 9.64. The average Bonchev–Trinajstić information content (AvgIpc) is 2.55.